The van der Waals surface area contributed by atoms with Crippen LogP contribution in [0.2, 0.25) is 6.04 Å². The summed E-state index contributed by atoms with van der Waals surface area (Å²) < 4.78 is 5.44. The highest BCUT2D eigenvalue weighted by Gasteiger charge is 2.01. The fourth-order valence-electron chi connectivity index (χ4n) is 0.804. The number of aromatic hydroxyl groups is 1. The minimum atomic E-state index is 0.276. The molecule has 68 valence electrons. The third-order valence-electron chi connectivity index (χ3n) is 1.49. The molecule has 0 saturated heterocycles. The van der Waals surface area contributed by atoms with Crippen molar-refractivity contribution in [2.45, 2.75) is 19.4 Å². The predicted octanol–water partition coefficient (Wildman–Crippen LogP) is 1.10. The van der Waals surface area contributed by atoms with E-state index in [0.717, 1.165) is 17.7 Å². The minimum Gasteiger partial charge on any atom is -0.508 e. The third-order valence-corrected chi connectivity index (χ3v) is 3.82. The Kier molecular flexibility index (Phi) is 4.81. The SMILES string of the molecule is CCC[Si]O[Si]c1ccccc1O. The summed E-state index contributed by atoms with van der Waals surface area (Å²) in [6, 6.07) is 8.42. The van der Waals surface area contributed by atoms with Crippen LogP contribution in [-0.2, 0) is 4.12 Å². The summed E-state index contributed by atoms with van der Waals surface area (Å²) in [5, 5.41) is 10.3. The number of hydrogen-bond acceptors (Lipinski definition) is 2. The van der Waals surface area contributed by atoms with Gasteiger partial charge in [0.2, 0.25) is 9.76 Å². The average Bonchev–Trinajstić information content (AvgIpc) is 2.15. The molecule has 0 aliphatic rings. The molecule has 13 heavy (non-hydrogen) atoms. The van der Waals surface area contributed by atoms with E-state index in [9.17, 15) is 5.11 Å². The first-order valence-corrected chi connectivity index (χ1v) is 6.29. The van der Waals surface area contributed by atoms with Crippen molar-refractivity contribution < 1.29 is 9.22 Å². The monoisotopic (exact) mass is 208 g/mol. The molecule has 1 aromatic rings. The van der Waals surface area contributed by atoms with Crippen LogP contribution in [0.1, 0.15) is 13.3 Å². The Hall–Kier alpha value is -0.586. The predicted molar refractivity (Wildman–Crippen MR) is 55.4 cm³/mol. The van der Waals surface area contributed by atoms with Gasteiger partial charge in [-0.3, -0.25) is 0 Å². The van der Waals surface area contributed by atoms with Crippen LogP contribution in [-0.4, -0.2) is 24.6 Å². The summed E-state index contributed by atoms with van der Waals surface area (Å²) >= 11 is 0. The van der Waals surface area contributed by atoms with Crippen LogP contribution in [0.3, 0.4) is 0 Å². The second kappa shape index (κ2) is 5.96. The first-order chi connectivity index (χ1) is 6.34. The second-order valence-electron chi connectivity index (χ2n) is 2.62. The van der Waals surface area contributed by atoms with Crippen molar-refractivity contribution in [3.8, 4) is 5.75 Å². The molecule has 1 rings (SSSR count). The largest absolute Gasteiger partial charge is 0.508 e. The van der Waals surface area contributed by atoms with Gasteiger partial charge in [0.15, 0.2) is 0 Å². The molecule has 0 amide bonds. The summed E-state index contributed by atoms with van der Waals surface area (Å²) in [6.07, 6.45) is 1.16. The molecule has 2 nitrogen and oxygen atoms in total. The Labute approximate surface area is 83.8 Å². The van der Waals surface area contributed by atoms with E-state index in [1.165, 1.54) is 0 Å². The van der Waals surface area contributed by atoms with Gasteiger partial charge >= 0.3 is 0 Å². The first kappa shape index (κ1) is 10.5. The van der Waals surface area contributed by atoms with Gasteiger partial charge in [-0.25, -0.2) is 0 Å². The van der Waals surface area contributed by atoms with Crippen molar-refractivity contribution in [1.29, 1.82) is 0 Å². The smallest absolute Gasteiger partial charge is 0.260 e. The van der Waals surface area contributed by atoms with E-state index in [0.29, 0.717) is 15.5 Å². The van der Waals surface area contributed by atoms with Crippen LogP contribution >= 0.6 is 0 Å². The van der Waals surface area contributed by atoms with Gasteiger partial charge < -0.3 is 9.22 Å². The van der Waals surface area contributed by atoms with Gasteiger partial charge in [-0.05, 0) is 12.1 Å². The average molecular weight is 208 g/mol. The highest BCUT2D eigenvalue weighted by Crippen LogP contribution is 2.01. The van der Waals surface area contributed by atoms with Crippen LogP contribution in [0, 0.1) is 0 Å². The maximum absolute atomic E-state index is 9.40. The zero-order valence-electron chi connectivity index (χ0n) is 7.58. The van der Waals surface area contributed by atoms with Gasteiger partial charge in [-0.2, -0.15) is 0 Å². The topological polar surface area (TPSA) is 29.5 Å². The van der Waals surface area contributed by atoms with Crippen molar-refractivity contribution in [2.24, 2.45) is 0 Å². The molecule has 4 radical (unpaired) electrons. The fourth-order valence-corrected chi connectivity index (χ4v) is 2.50. The molecule has 0 aromatic heterocycles. The Bertz CT molecular complexity index is 253. The molecule has 0 unspecified atom stereocenters. The van der Waals surface area contributed by atoms with Crippen molar-refractivity contribution in [3.05, 3.63) is 24.3 Å². The molecule has 1 aromatic carbocycles. The summed E-state index contributed by atoms with van der Waals surface area (Å²) in [6.45, 7) is 2.14. The van der Waals surface area contributed by atoms with Gasteiger partial charge in [-0.1, -0.05) is 31.5 Å². The lowest BCUT2D eigenvalue weighted by Crippen LogP contribution is -2.19. The Morgan fingerprint density at radius 2 is 2.15 bits per heavy atom. The fraction of sp³-hybridized carbons (Fsp3) is 0.333. The van der Waals surface area contributed by atoms with Crippen LogP contribution in [0.5, 0.6) is 5.75 Å². The highest BCUT2D eigenvalue weighted by atomic mass is 28.3. The van der Waals surface area contributed by atoms with E-state index in [4.69, 9.17) is 4.12 Å². The van der Waals surface area contributed by atoms with Crippen LogP contribution in [0.4, 0.5) is 0 Å². The Morgan fingerprint density at radius 1 is 1.38 bits per heavy atom. The van der Waals surface area contributed by atoms with Gasteiger partial charge in [0.25, 0.3) is 9.76 Å². The van der Waals surface area contributed by atoms with Crippen molar-refractivity contribution in [3.63, 3.8) is 0 Å². The molecule has 1 N–H and O–H groups in total. The van der Waals surface area contributed by atoms with Crippen molar-refractivity contribution in [2.75, 3.05) is 0 Å². The molecule has 4 heteroatoms. The molecule has 0 spiro atoms. The van der Waals surface area contributed by atoms with E-state index in [1.807, 2.05) is 18.2 Å². The quantitative estimate of drug-likeness (QED) is 0.580. The van der Waals surface area contributed by atoms with Gasteiger partial charge in [0, 0.05) is 5.19 Å². The number of benzene rings is 1. The van der Waals surface area contributed by atoms with E-state index in [2.05, 4.69) is 6.92 Å². The highest BCUT2D eigenvalue weighted by molar-refractivity contribution is 6.55. The number of hydrogen-bond donors (Lipinski definition) is 1. The van der Waals surface area contributed by atoms with Crippen molar-refractivity contribution >= 4 is 24.7 Å². The maximum Gasteiger partial charge on any atom is 0.260 e. The molecular weight excluding hydrogens is 196 g/mol. The number of phenols is 1. The number of phenolic OH excluding ortho intramolecular Hbond substituents is 1. The molecule has 0 bridgehead atoms. The maximum atomic E-state index is 9.40. The van der Waals surface area contributed by atoms with E-state index in [-0.39, 0.29) is 9.76 Å². The van der Waals surface area contributed by atoms with Crippen LogP contribution < -0.4 is 5.19 Å². The normalized spacial score (nSPS) is 10.2. The molecule has 0 fully saturated rings. The zero-order chi connectivity index (χ0) is 9.52. The molecule has 0 aliphatic carbocycles. The molecule has 0 atom stereocenters. The van der Waals surface area contributed by atoms with E-state index < -0.39 is 0 Å². The minimum absolute atomic E-state index is 0.276. The second-order valence-corrected chi connectivity index (χ2v) is 4.96. The number of rotatable bonds is 5. The molecule has 0 heterocycles. The third kappa shape index (κ3) is 3.75. The standard InChI is InChI=1S/C9H12O2Si2/c1-2-7-12-11-13-9-6-4-3-5-8(9)10/h3-6,10H,2,7H2,1H3. The Morgan fingerprint density at radius 3 is 2.85 bits per heavy atom. The Balaban J connectivity index is 2.32. The summed E-state index contributed by atoms with van der Waals surface area (Å²) in [4.78, 5) is 0. The van der Waals surface area contributed by atoms with Crippen LogP contribution in [0.15, 0.2) is 24.3 Å². The van der Waals surface area contributed by atoms with Crippen LogP contribution in [0.25, 0.3) is 0 Å². The lowest BCUT2D eigenvalue weighted by atomic mass is 10.3. The lowest BCUT2D eigenvalue weighted by molar-refractivity contribution is 0.478. The molecular formula is C9H12O2Si2. The van der Waals surface area contributed by atoms with Gasteiger partial charge in [0.05, 0.1) is 0 Å². The molecule has 0 saturated carbocycles. The summed E-state index contributed by atoms with van der Waals surface area (Å²) in [5.41, 5.74) is 0. The lowest BCUT2D eigenvalue weighted by Gasteiger charge is -2.02. The zero-order valence-corrected chi connectivity index (χ0v) is 9.58. The van der Waals surface area contributed by atoms with Crippen molar-refractivity contribution in [1.82, 2.24) is 0 Å². The number of para-hydroxylation sites is 1. The first-order valence-electron chi connectivity index (χ1n) is 4.27. The molecule has 0 aliphatic heterocycles. The van der Waals surface area contributed by atoms with Gasteiger partial charge in [0.1, 0.15) is 5.75 Å². The van der Waals surface area contributed by atoms with E-state index in [1.54, 1.807) is 6.07 Å². The summed E-state index contributed by atoms with van der Waals surface area (Å²) in [7, 11) is 0.831. The van der Waals surface area contributed by atoms with Gasteiger partial charge in [-0.15, -0.1) is 0 Å². The van der Waals surface area contributed by atoms with E-state index >= 15 is 0 Å². The summed E-state index contributed by atoms with van der Waals surface area (Å²) in [5.74, 6) is 0.335.